The molecule has 1 aliphatic carbocycles. The number of fused-ring (bicyclic) bond motifs is 3. The van der Waals surface area contributed by atoms with Crippen molar-refractivity contribution in [3.63, 3.8) is 0 Å². The van der Waals surface area contributed by atoms with Crippen molar-refractivity contribution in [2.75, 3.05) is 0 Å². The van der Waals surface area contributed by atoms with Crippen LogP contribution >= 0.6 is 0 Å². The molecular weight excluding hydrogens is 463 g/mol. The van der Waals surface area contributed by atoms with Gasteiger partial charge in [0.05, 0.1) is 17.1 Å². The van der Waals surface area contributed by atoms with E-state index in [4.69, 9.17) is 9.72 Å². The van der Waals surface area contributed by atoms with Crippen LogP contribution < -0.4 is 4.74 Å². The van der Waals surface area contributed by atoms with Crippen LogP contribution in [0.3, 0.4) is 0 Å². The van der Waals surface area contributed by atoms with Crippen molar-refractivity contribution in [1.82, 2.24) is 9.55 Å². The zero-order valence-electron chi connectivity index (χ0n) is 19.6. The van der Waals surface area contributed by atoms with Crippen LogP contribution in [0.1, 0.15) is 53.8 Å². The molecule has 36 heavy (non-hydrogen) atoms. The fraction of sp³-hybridized carbons (Fsp3) is 0.241. The summed E-state index contributed by atoms with van der Waals surface area (Å²) >= 11 is 0. The third-order valence-corrected chi connectivity index (χ3v) is 7.06. The first-order valence-corrected chi connectivity index (χ1v) is 11.8. The van der Waals surface area contributed by atoms with Gasteiger partial charge in [0.1, 0.15) is 24.0 Å². The van der Waals surface area contributed by atoms with Crippen LogP contribution in [0.25, 0.3) is 16.6 Å². The van der Waals surface area contributed by atoms with Crippen molar-refractivity contribution in [2.24, 2.45) is 0 Å². The predicted molar refractivity (Wildman–Crippen MR) is 130 cm³/mol. The standard InChI is InChI=1S/C29H22F3N3O/c1-17(14-33)27-22-8-6-18(10-19(22)16-36-26-11-21(30)7-9-23(26)27)15-35-25-5-3-2-4-24(25)34-28(35)20-12-29(31,32)13-20/h2-11,20H,12-13,15-16H2,1H3/b27-17-. The molecule has 3 aromatic carbocycles. The van der Waals surface area contributed by atoms with Crippen LogP contribution in [-0.2, 0) is 13.2 Å². The Morgan fingerprint density at radius 2 is 1.89 bits per heavy atom. The molecule has 0 unspecified atom stereocenters. The Morgan fingerprint density at radius 1 is 1.11 bits per heavy atom. The fourth-order valence-corrected chi connectivity index (χ4v) is 5.29. The van der Waals surface area contributed by atoms with Crippen LogP contribution in [0.2, 0.25) is 0 Å². The van der Waals surface area contributed by atoms with Gasteiger partial charge in [-0.25, -0.2) is 18.2 Å². The first kappa shape index (κ1) is 22.4. The van der Waals surface area contributed by atoms with E-state index >= 15 is 0 Å². The maximum Gasteiger partial charge on any atom is 0.249 e. The minimum absolute atomic E-state index is 0.190. The number of halogens is 3. The highest BCUT2D eigenvalue weighted by Crippen LogP contribution is 2.48. The van der Waals surface area contributed by atoms with Gasteiger partial charge >= 0.3 is 0 Å². The molecule has 1 aliphatic heterocycles. The number of hydrogen-bond acceptors (Lipinski definition) is 3. The van der Waals surface area contributed by atoms with Crippen molar-refractivity contribution in [3.8, 4) is 11.8 Å². The SMILES string of the molecule is C/C(C#N)=C1\c2ccc(Cn3c(C4CC(F)(F)C4)nc4ccccc43)cc2COc2cc(F)ccc21. The Balaban J connectivity index is 1.42. The zero-order valence-corrected chi connectivity index (χ0v) is 19.6. The lowest BCUT2D eigenvalue weighted by molar-refractivity contribution is -0.0889. The average molecular weight is 486 g/mol. The summed E-state index contributed by atoms with van der Waals surface area (Å²) in [5.41, 5.74) is 6.28. The van der Waals surface area contributed by atoms with Crippen LogP contribution in [0.5, 0.6) is 5.75 Å². The average Bonchev–Trinajstić information content (AvgIpc) is 3.12. The molecule has 0 atom stereocenters. The Morgan fingerprint density at radius 3 is 2.67 bits per heavy atom. The van der Waals surface area contributed by atoms with Gasteiger partial charge < -0.3 is 9.30 Å². The largest absolute Gasteiger partial charge is 0.488 e. The Labute approximate surface area is 206 Å². The van der Waals surface area contributed by atoms with E-state index in [9.17, 15) is 18.4 Å². The molecule has 2 heterocycles. The second-order valence-electron chi connectivity index (χ2n) is 9.54. The van der Waals surface area contributed by atoms with Crippen molar-refractivity contribution in [1.29, 1.82) is 5.26 Å². The molecule has 180 valence electrons. The number of imidazole rings is 1. The van der Waals surface area contributed by atoms with Crippen molar-refractivity contribution in [3.05, 3.63) is 100 Å². The molecule has 7 heteroatoms. The number of allylic oxidation sites excluding steroid dienone is 1. The van der Waals surface area contributed by atoms with Gasteiger partial charge in [-0.15, -0.1) is 0 Å². The molecule has 4 nitrogen and oxygen atoms in total. The zero-order chi connectivity index (χ0) is 25.0. The number of nitriles is 1. The molecule has 0 N–H and O–H groups in total. The van der Waals surface area contributed by atoms with Crippen LogP contribution in [0, 0.1) is 17.1 Å². The fourth-order valence-electron chi connectivity index (χ4n) is 5.29. The molecule has 1 saturated carbocycles. The van der Waals surface area contributed by atoms with E-state index in [-0.39, 0.29) is 25.4 Å². The summed E-state index contributed by atoms with van der Waals surface area (Å²) in [6.45, 7) is 2.42. The van der Waals surface area contributed by atoms with Gasteiger partial charge in [-0.05, 0) is 53.9 Å². The molecule has 0 amide bonds. The van der Waals surface area contributed by atoms with E-state index in [1.807, 2.05) is 47.0 Å². The van der Waals surface area contributed by atoms with Crippen LogP contribution in [0.4, 0.5) is 13.2 Å². The van der Waals surface area contributed by atoms with Gasteiger partial charge in [-0.1, -0.05) is 24.3 Å². The molecule has 1 aromatic heterocycles. The highest BCUT2D eigenvalue weighted by Gasteiger charge is 2.47. The van der Waals surface area contributed by atoms with Crippen molar-refractivity contribution >= 4 is 16.6 Å². The molecule has 0 saturated heterocycles. The molecule has 0 spiro atoms. The second-order valence-corrected chi connectivity index (χ2v) is 9.54. The molecule has 1 fully saturated rings. The van der Waals surface area contributed by atoms with Crippen molar-refractivity contribution < 1.29 is 17.9 Å². The first-order valence-electron chi connectivity index (χ1n) is 11.8. The number of aromatic nitrogens is 2. The number of hydrogen-bond donors (Lipinski definition) is 0. The molecule has 2 aliphatic rings. The van der Waals surface area contributed by atoms with Crippen LogP contribution in [0.15, 0.2) is 66.2 Å². The quantitative estimate of drug-likeness (QED) is 0.294. The minimum Gasteiger partial charge on any atom is -0.488 e. The summed E-state index contributed by atoms with van der Waals surface area (Å²) in [6.07, 6.45) is -0.379. The summed E-state index contributed by atoms with van der Waals surface area (Å²) < 4.78 is 49.3. The normalized spacial score (nSPS) is 17.9. The first-order chi connectivity index (χ1) is 17.3. The number of benzene rings is 3. The van der Waals surface area contributed by atoms with E-state index in [0.717, 1.165) is 33.3 Å². The van der Waals surface area contributed by atoms with E-state index in [1.54, 1.807) is 13.0 Å². The maximum atomic E-state index is 13.9. The third kappa shape index (κ3) is 3.74. The summed E-state index contributed by atoms with van der Waals surface area (Å²) in [4.78, 5) is 4.71. The Hall–Kier alpha value is -4.05. The second kappa shape index (κ2) is 8.27. The van der Waals surface area contributed by atoms with E-state index in [0.29, 0.717) is 29.3 Å². The third-order valence-electron chi connectivity index (χ3n) is 7.06. The smallest absolute Gasteiger partial charge is 0.249 e. The Kier molecular flexibility index (Phi) is 5.15. The van der Waals surface area contributed by atoms with Crippen molar-refractivity contribution in [2.45, 2.75) is 44.8 Å². The number of para-hydroxylation sites is 2. The molecule has 4 aromatic rings. The summed E-state index contributed by atoms with van der Waals surface area (Å²) in [5, 5.41) is 9.67. The topological polar surface area (TPSA) is 50.8 Å². The van der Waals surface area contributed by atoms with Crippen LogP contribution in [-0.4, -0.2) is 15.5 Å². The summed E-state index contributed by atoms with van der Waals surface area (Å²) in [5.74, 6) is -2.25. The summed E-state index contributed by atoms with van der Waals surface area (Å²) in [7, 11) is 0. The highest BCUT2D eigenvalue weighted by atomic mass is 19.3. The van der Waals surface area contributed by atoms with Gasteiger partial charge in [0.2, 0.25) is 5.92 Å². The Bertz CT molecular complexity index is 1590. The predicted octanol–water partition coefficient (Wildman–Crippen LogP) is 6.97. The van der Waals surface area contributed by atoms with E-state index in [1.165, 1.54) is 12.1 Å². The van der Waals surface area contributed by atoms with E-state index in [2.05, 4.69) is 6.07 Å². The van der Waals surface area contributed by atoms with Gasteiger partial charge in [0.15, 0.2) is 0 Å². The van der Waals surface area contributed by atoms with E-state index < -0.39 is 11.7 Å². The summed E-state index contributed by atoms with van der Waals surface area (Å²) in [6, 6.07) is 20.2. The lowest BCUT2D eigenvalue weighted by atomic mass is 9.80. The molecular formula is C29H22F3N3O. The lowest BCUT2D eigenvalue weighted by Gasteiger charge is -2.34. The number of nitrogens with zero attached hydrogens (tertiary/aromatic N) is 3. The number of ether oxygens (including phenoxy) is 1. The number of alkyl halides is 2. The monoisotopic (exact) mass is 485 g/mol. The molecule has 0 bridgehead atoms. The molecule has 6 rings (SSSR count). The van der Waals surface area contributed by atoms with Gasteiger partial charge in [-0.2, -0.15) is 5.26 Å². The maximum absolute atomic E-state index is 13.9. The number of rotatable bonds is 3. The van der Waals surface area contributed by atoms with Gasteiger partial charge in [0, 0.05) is 48.1 Å². The highest BCUT2D eigenvalue weighted by molar-refractivity contribution is 5.88. The molecule has 0 radical (unpaired) electrons. The minimum atomic E-state index is -2.63. The van der Waals surface area contributed by atoms with Gasteiger partial charge in [0.25, 0.3) is 0 Å². The van der Waals surface area contributed by atoms with Gasteiger partial charge in [-0.3, -0.25) is 0 Å². The lowest BCUT2D eigenvalue weighted by Crippen LogP contribution is -2.35.